The second kappa shape index (κ2) is 7.92. The van der Waals surface area contributed by atoms with Crippen LogP contribution in [0, 0.1) is 6.92 Å². The van der Waals surface area contributed by atoms with Crippen molar-refractivity contribution in [3.8, 4) is 5.75 Å². The van der Waals surface area contributed by atoms with Gasteiger partial charge in [0.2, 0.25) is 0 Å². The number of benzene rings is 2. The Hall–Kier alpha value is -1.91. The van der Waals surface area contributed by atoms with E-state index in [9.17, 15) is 4.79 Å². The Bertz CT molecular complexity index is 642. The number of nitrogens with one attached hydrogen (secondary N) is 2. The maximum Gasteiger partial charge on any atom is 0.319 e. The summed E-state index contributed by atoms with van der Waals surface area (Å²) >= 11 is 11.7. The fourth-order valence-electron chi connectivity index (χ4n) is 1.84. The standard InChI is InChI=1S/C16H16Cl2N2O2/c1-11-3-2-4-15(7-11)22-6-5-19-16(21)20-14-9-12(17)8-13(18)10-14/h2-4,7-10H,5-6H2,1H3,(H2,19,20,21). The van der Waals surface area contributed by atoms with Gasteiger partial charge in [0.1, 0.15) is 12.4 Å². The van der Waals surface area contributed by atoms with Crippen molar-refractivity contribution in [2.45, 2.75) is 6.92 Å². The molecule has 116 valence electrons. The van der Waals surface area contributed by atoms with Gasteiger partial charge in [-0.15, -0.1) is 0 Å². The summed E-state index contributed by atoms with van der Waals surface area (Å²) in [5, 5.41) is 6.28. The first-order valence-corrected chi connectivity index (χ1v) is 7.49. The minimum atomic E-state index is -0.342. The number of rotatable bonds is 5. The van der Waals surface area contributed by atoms with Crippen LogP contribution in [0.1, 0.15) is 5.56 Å². The van der Waals surface area contributed by atoms with Crippen LogP contribution >= 0.6 is 23.2 Å². The van der Waals surface area contributed by atoms with Crippen molar-refractivity contribution >= 4 is 34.9 Å². The van der Waals surface area contributed by atoms with E-state index >= 15 is 0 Å². The van der Waals surface area contributed by atoms with E-state index in [1.807, 2.05) is 31.2 Å². The van der Waals surface area contributed by atoms with Crippen LogP contribution < -0.4 is 15.4 Å². The van der Waals surface area contributed by atoms with E-state index < -0.39 is 0 Å². The van der Waals surface area contributed by atoms with Gasteiger partial charge in [0.05, 0.1) is 6.54 Å². The molecular formula is C16H16Cl2N2O2. The SMILES string of the molecule is Cc1cccc(OCCNC(=O)Nc2cc(Cl)cc(Cl)c2)c1. The van der Waals surface area contributed by atoms with Crippen molar-refractivity contribution in [2.24, 2.45) is 0 Å². The molecule has 0 atom stereocenters. The first-order valence-electron chi connectivity index (χ1n) is 6.73. The lowest BCUT2D eigenvalue weighted by atomic mass is 10.2. The molecule has 22 heavy (non-hydrogen) atoms. The Labute approximate surface area is 139 Å². The van der Waals surface area contributed by atoms with E-state index in [1.54, 1.807) is 18.2 Å². The number of ether oxygens (including phenoxy) is 1. The van der Waals surface area contributed by atoms with Gasteiger partial charge in [0.15, 0.2) is 0 Å². The molecule has 2 rings (SSSR count). The summed E-state index contributed by atoms with van der Waals surface area (Å²) in [5.41, 5.74) is 1.66. The zero-order valence-electron chi connectivity index (χ0n) is 12.0. The highest BCUT2D eigenvalue weighted by Gasteiger charge is 2.03. The monoisotopic (exact) mass is 338 g/mol. The van der Waals surface area contributed by atoms with Gasteiger partial charge in [0.25, 0.3) is 0 Å². The van der Waals surface area contributed by atoms with Crippen molar-refractivity contribution in [3.63, 3.8) is 0 Å². The Morgan fingerprint density at radius 1 is 1.14 bits per heavy atom. The van der Waals surface area contributed by atoms with Crippen molar-refractivity contribution in [3.05, 3.63) is 58.1 Å². The summed E-state index contributed by atoms with van der Waals surface area (Å²) < 4.78 is 5.54. The topological polar surface area (TPSA) is 50.4 Å². The minimum absolute atomic E-state index is 0.342. The molecule has 0 bridgehead atoms. The Kier molecular flexibility index (Phi) is 5.92. The molecule has 6 heteroatoms. The molecule has 0 aliphatic carbocycles. The van der Waals surface area contributed by atoms with Crippen LogP contribution in [0.5, 0.6) is 5.75 Å². The van der Waals surface area contributed by atoms with Crippen LogP contribution in [0.4, 0.5) is 10.5 Å². The van der Waals surface area contributed by atoms with Crippen LogP contribution in [0.3, 0.4) is 0 Å². The van der Waals surface area contributed by atoms with Crippen LogP contribution in [-0.2, 0) is 0 Å². The van der Waals surface area contributed by atoms with Gasteiger partial charge in [-0.05, 0) is 42.8 Å². The molecule has 0 aromatic heterocycles. The average molecular weight is 339 g/mol. The Morgan fingerprint density at radius 3 is 2.55 bits per heavy atom. The second-order valence-electron chi connectivity index (χ2n) is 4.70. The van der Waals surface area contributed by atoms with Gasteiger partial charge in [0, 0.05) is 15.7 Å². The van der Waals surface area contributed by atoms with Gasteiger partial charge in [-0.25, -0.2) is 4.79 Å². The molecule has 0 fully saturated rings. The van der Waals surface area contributed by atoms with Crippen LogP contribution in [-0.4, -0.2) is 19.2 Å². The maximum atomic E-state index is 11.7. The van der Waals surface area contributed by atoms with Gasteiger partial charge in [-0.2, -0.15) is 0 Å². The van der Waals surface area contributed by atoms with Crippen molar-refractivity contribution in [1.82, 2.24) is 5.32 Å². The molecule has 0 radical (unpaired) electrons. The molecule has 4 nitrogen and oxygen atoms in total. The second-order valence-corrected chi connectivity index (χ2v) is 5.58. The van der Waals surface area contributed by atoms with E-state index in [1.165, 1.54) is 0 Å². The predicted octanol–water partition coefficient (Wildman–Crippen LogP) is 4.50. The zero-order chi connectivity index (χ0) is 15.9. The zero-order valence-corrected chi connectivity index (χ0v) is 13.5. The summed E-state index contributed by atoms with van der Waals surface area (Å²) in [5.74, 6) is 0.781. The highest BCUT2D eigenvalue weighted by atomic mass is 35.5. The molecule has 0 spiro atoms. The largest absolute Gasteiger partial charge is 0.492 e. The lowest BCUT2D eigenvalue weighted by Crippen LogP contribution is -2.32. The van der Waals surface area contributed by atoms with E-state index in [0.29, 0.717) is 28.9 Å². The highest BCUT2D eigenvalue weighted by molar-refractivity contribution is 6.35. The van der Waals surface area contributed by atoms with Crippen molar-refractivity contribution < 1.29 is 9.53 Å². The van der Waals surface area contributed by atoms with E-state index in [-0.39, 0.29) is 6.03 Å². The number of urea groups is 1. The summed E-state index contributed by atoms with van der Waals surface area (Å²) in [6, 6.07) is 12.2. The van der Waals surface area contributed by atoms with Crippen molar-refractivity contribution in [1.29, 1.82) is 0 Å². The number of hydrogen-bond donors (Lipinski definition) is 2. The first-order chi connectivity index (χ1) is 10.5. The van der Waals surface area contributed by atoms with Crippen LogP contribution in [0.25, 0.3) is 0 Å². The minimum Gasteiger partial charge on any atom is -0.492 e. The summed E-state index contributed by atoms with van der Waals surface area (Å²) in [6.45, 7) is 2.76. The van der Waals surface area contributed by atoms with Crippen LogP contribution in [0.2, 0.25) is 10.0 Å². The maximum absolute atomic E-state index is 11.7. The first kappa shape index (κ1) is 16.5. The molecule has 2 N–H and O–H groups in total. The number of carbonyl (C=O) groups is 1. The molecule has 0 saturated heterocycles. The highest BCUT2D eigenvalue weighted by Crippen LogP contribution is 2.22. The number of hydrogen-bond acceptors (Lipinski definition) is 2. The molecule has 0 saturated carbocycles. The molecule has 0 aliphatic heterocycles. The summed E-state index contributed by atoms with van der Waals surface area (Å²) in [6.07, 6.45) is 0. The van der Waals surface area contributed by atoms with Gasteiger partial charge in [-0.1, -0.05) is 35.3 Å². The number of aryl methyl sites for hydroxylation is 1. The third-order valence-corrected chi connectivity index (χ3v) is 3.20. The Morgan fingerprint density at radius 2 is 1.86 bits per heavy atom. The van der Waals surface area contributed by atoms with Gasteiger partial charge < -0.3 is 15.4 Å². The Balaban J connectivity index is 1.74. The molecule has 2 amide bonds. The molecule has 2 aromatic carbocycles. The third-order valence-electron chi connectivity index (χ3n) is 2.77. The summed E-state index contributed by atoms with van der Waals surface area (Å²) in [4.78, 5) is 11.7. The van der Waals surface area contributed by atoms with E-state index in [0.717, 1.165) is 11.3 Å². The molecular weight excluding hydrogens is 323 g/mol. The lowest BCUT2D eigenvalue weighted by Gasteiger charge is -2.10. The normalized spacial score (nSPS) is 10.1. The molecule has 2 aromatic rings. The fraction of sp³-hybridized carbons (Fsp3) is 0.188. The van der Waals surface area contributed by atoms with Gasteiger partial charge >= 0.3 is 6.03 Å². The fourth-order valence-corrected chi connectivity index (χ4v) is 2.37. The molecule has 0 unspecified atom stereocenters. The lowest BCUT2D eigenvalue weighted by molar-refractivity contribution is 0.247. The average Bonchev–Trinajstić information content (AvgIpc) is 2.42. The van der Waals surface area contributed by atoms with E-state index in [2.05, 4.69) is 10.6 Å². The quantitative estimate of drug-likeness (QED) is 0.788. The third kappa shape index (κ3) is 5.47. The predicted molar refractivity (Wildman–Crippen MR) is 90.2 cm³/mol. The number of amides is 2. The molecule has 0 heterocycles. The summed E-state index contributed by atoms with van der Waals surface area (Å²) in [7, 11) is 0. The molecule has 0 aliphatic rings. The van der Waals surface area contributed by atoms with Crippen molar-refractivity contribution in [2.75, 3.05) is 18.5 Å². The number of carbonyl (C=O) groups excluding carboxylic acids is 1. The smallest absolute Gasteiger partial charge is 0.319 e. The number of halogens is 2. The van der Waals surface area contributed by atoms with E-state index in [4.69, 9.17) is 27.9 Å². The van der Waals surface area contributed by atoms with Crippen LogP contribution in [0.15, 0.2) is 42.5 Å². The number of anilines is 1. The van der Waals surface area contributed by atoms with Gasteiger partial charge in [-0.3, -0.25) is 0 Å².